The summed E-state index contributed by atoms with van der Waals surface area (Å²) in [4.78, 5) is 10.9. The van der Waals surface area contributed by atoms with Crippen LogP contribution in [0.2, 0.25) is 0 Å². The largest absolute Gasteiger partial charge is 0.477 e. The third-order valence-corrected chi connectivity index (χ3v) is 3.16. The zero-order valence-corrected chi connectivity index (χ0v) is 8.36. The molecular weight excluding hydrogens is 178 g/mol. The van der Waals surface area contributed by atoms with Gasteiger partial charge in [-0.05, 0) is 30.4 Å². The zero-order chi connectivity index (χ0) is 10.2. The van der Waals surface area contributed by atoms with Crippen LogP contribution in [0.25, 0.3) is 0 Å². The normalized spacial score (nSPS) is 18.9. The Balaban J connectivity index is 2.16. The van der Waals surface area contributed by atoms with Crippen molar-refractivity contribution >= 4 is 5.97 Å². The van der Waals surface area contributed by atoms with E-state index in [1.807, 2.05) is 10.8 Å². The van der Waals surface area contributed by atoms with Crippen molar-refractivity contribution in [1.82, 2.24) is 4.57 Å². The first-order chi connectivity index (χ1) is 6.61. The minimum atomic E-state index is -0.835. The number of aromatic nitrogens is 1. The smallest absolute Gasteiger partial charge is 0.352 e. The molecule has 3 heteroatoms. The highest BCUT2D eigenvalue weighted by Gasteiger charge is 2.32. The molecule has 2 rings (SSSR count). The van der Waals surface area contributed by atoms with Crippen molar-refractivity contribution in [3.8, 4) is 0 Å². The fraction of sp³-hybridized carbons (Fsp3) is 0.545. The van der Waals surface area contributed by atoms with Crippen LogP contribution in [0.3, 0.4) is 0 Å². The van der Waals surface area contributed by atoms with Gasteiger partial charge in [-0.3, -0.25) is 0 Å². The second-order valence-electron chi connectivity index (χ2n) is 4.49. The van der Waals surface area contributed by atoms with Crippen LogP contribution in [0, 0.1) is 5.41 Å². The Morgan fingerprint density at radius 3 is 2.86 bits per heavy atom. The summed E-state index contributed by atoms with van der Waals surface area (Å²) in [5, 5.41) is 8.92. The molecule has 0 aromatic carbocycles. The van der Waals surface area contributed by atoms with Crippen molar-refractivity contribution in [1.29, 1.82) is 0 Å². The van der Waals surface area contributed by atoms with Crippen LogP contribution in [0.1, 0.15) is 36.7 Å². The van der Waals surface area contributed by atoms with Crippen molar-refractivity contribution < 1.29 is 9.90 Å². The highest BCUT2D eigenvalue weighted by molar-refractivity contribution is 5.85. The molecule has 0 saturated heterocycles. The molecule has 1 aliphatic carbocycles. The average Bonchev–Trinajstić information content (AvgIpc) is 2.49. The van der Waals surface area contributed by atoms with Crippen LogP contribution >= 0.6 is 0 Å². The number of hydrogen-bond acceptors (Lipinski definition) is 1. The lowest BCUT2D eigenvalue weighted by Gasteiger charge is -2.38. The van der Waals surface area contributed by atoms with Crippen molar-refractivity contribution in [3.63, 3.8) is 0 Å². The van der Waals surface area contributed by atoms with E-state index >= 15 is 0 Å². The lowest BCUT2D eigenvalue weighted by molar-refractivity contribution is 0.0673. The van der Waals surface area contributed by atoms with Crippen LogP contribution in [0.15, 0.2) is 18.3 Å². The number of nitrogens with zero attached hydrogens (tertiary/aromatic N) is 1. The van der Waals surface area contributed by atoms with Gasteiger partial charge in [0.2, 0.25) is 0 Å². The molecule has 1 N–H and O–H groups in total. The monoisotopic (exact) mass is 193 g/mol. The molecule has 1 aliphatic rings. The molecular formula is C11H15NO2. The second kappa shape index (κ2) is 3.15. The summed E-state index contributed by atoms with van der Waals surface area (Å²) in [6.45, 7) is 3.06. The van der Waals surface area contributed by atoms with E-state index in [1.54, 1.807) is 12.1 Å². The van der Waals surface area contributed by atoms with Gasteiger partial charge < -0.3 is 9.67 Å². The van der Waals surface area contributed by atoms with Gasteiger partial charge in [-0.2, -0.15) is 0 Å². The third kappa shape index (κ3) is 1.54. The highest BCUT2D eigenvalue weighted by atomic mass is 16.4. The first-order valence-electron chi connectivity index (χ1n) is 4.99. The van der Waals surface area contributed by atoms with Crippen LogP contribution < -0.4 is 0 Å². The van der Waals surface area contributed by atoms with Crippen LogP contribution in [-0.4, -0.2) is 15.6 Å². The molecule has 0 bridgehead atoms. The van der Waals surface area contributed by atoms with E-state index in [4.69, 9.17) is 5.11 Å². The molecule has 0 unspecified atom stereocenters. The van der Waals surface area contributed by atoms with Gasteiger partial charge in [0.05, 0.1) is 0 Å². The molecule has 3 nitrogen and oxygen atoms in total. The van der Waals surface area contributed by atoms with Crippen molar-refractivity contribution in [2.24, 2.45) is 5.41 Å². The van der Waals surface area contributed by atoms with Gasteiger partial charge in [-0.15, -0.1) is 0 Å². The molecule has 1 saturated carbocycles. The third-order valence-electron chi connectivity index (χ3n) is 3.16. The van der Waals surface area contributed by atoms with Crippen LogP contribution in [0.4, 0.5) is 0 Å². The number of carboxylic acid groups (broad SMARTS) is 1. The standard InChI is InChI=1S/C11H15NO2/c1-11(5-3-6-11)8-12-7-2-4-9(12)10(13)14/h2,4,7H,3,5-6,8H2,1H3,(H,13,14). The molecule has 0 atom stereocenters. The fourth-order valence-electron chi connectivity index (χ4n) is 2.10. The number of carbonyl (C=O) groups is 1. The lowest BCUT2D eigenvalue weighted by Crippen LogP contribution is -2.31. The predicted molar refractivity (Wildman–Crippen MR) is 53.3 cm³/mol. The van der Waals surface area contributed by atoms with Gasteiger partial charge in [0.1, 0.15) is 5.69 Å². The quantitative estimate of drug-likeness (QED) is 0.800. The van der Waals surface area contributed by atoms with E-state index in [9.17, 15) is 4.79 Å². The predicted octanol–water partition coefficient (Wildman–Crippen LogP) is 2.38. The molecule has 1 heterocycles. The molecule has 0 spiro atoms. The van der Waals surface area contributed by atoms with E-state index < -0.39 is 5.97 Å². The Hall–Kier alpha value is -1.25. The molecule has 0 amide bonds. The molecule has 1 aromatic rings. The minimum absolute atomic E-state index is 0.323. The minimum Gasteiger partial charge on any atom is -0.477 e. The number of carboxylic acids is 1. The molecule has 0 radical (unpaired) electrons. The zero-order valence-electron chi connectivity index (χ0n) is 8.36. The Labute approximate surface area is 83.4 Å². The van der Waals surface area contributed by atoms with Crippen molar-refractivity contribution in [2.75, 3.05) is 0 Å². The molecule has 1 fully saturated rings. The number of rotatable bonds is 3. The van der Waals surface area contributed by atoms with Gasteiger partial charge in [-0.25, -0.2) is 4.79 Å². The van der Waals surface area contributed by atoms with Crippen molar-refractivity contribution in [3.05, 3.63) is 24.0 Å². The van der Waals surface area contributed by atoms with Crippen LogP contribution in [-0.2, 0) is 6.54 Å². The summed E-state index contributed by atoms with van der Waals surface area (Å²) in [6, 6.07) is 3.45. The summed E-state index contributed by atoms with van der Waals surface area (Å²) >= 11 is 0. The van der Waals surface area contributed by atoms with E-state index in [-0.39, 0.29) is 0 Å². The maximum Gasteiger partial charge on any atom is 0.352 e. The topological polar surface area (TPSA) is 42.2 Å². The van der Waals surface area contributed by atoms with E-state index in [0.29, 0.717) is 11.1 Å². The van der Waals surface area contributed by atoms with E-state index in [1.165, 1.54) is 19.3 Å². The lowest BCUT2D eigenvalue weighted by atomic mass is 9.70. The SMILES string of the molecule is CC1(Cn2cccc2C(=O)O)CCC1. The van der Waals surface area contributed by atoms with E-state index in [2.05, 4.69) is 6.92 Å². The molecule has 76 valence electrons. The summed E-state index contributed by atoms with van der Waals surface area (Å²) in [5.74, 6) is -0.835. The summed E-state index contributed by atoms with van der Waals surface area (Å²) in [5.41, 5.74) is 0.724. The molecule has 14 heavy (non-hydrogen) atoms. The van der Waals surface area contributed by atoms with Gasteiger partial charge in [0, 0.05) is 12.7 Å². The summed E-state index contributed by atoms with van der Waals surface area (Å²) in [7, 11) is 0. The second-order valence-corrected chi connectivity index (χ2v) is 4.49. The Kier molecular flexibility index (Phi) is 2.10. The molecule has 0 aliphatic heterocycles. The Morgan fingerprint density at radius 1 is 1.64 bits per heavy atom. The first-order valence-corrected chi connectivity index (χ1v) is 4.99. The van der Waals surface area contributed by atoms with Crippen LogP contribution in [0.5, 0.6) is 0 Å². The van der Waals surface area contributed by atoms with Gasteiger partial charge in [-0.1, -0.05) is 13.3 Å². The van der Waals surface area contributed by atoms with Gasteiger partial charge in [0.25, 0.3) is 0 Å². The fourth-order valence-corrected chi connectivity index (χ4v) is 2.10. The summed E-state index contributed by atoms with van der Waals surface area (Å²) in [6.07, 6.45) is 5.56. The highest BCUT2D eigenvalue weighted by Crippen LogP contribution is 2.41. The average molecular weight is 193 g/mol. The maximum absolute atomic E-state index is 10.9. The Bertz CT molecular complexity index is 350. The van der Waals surface area contributed by atoms with Gasteiger partial charge in [0.15, 0.2) is 0 Å². The Morgan fingerprint density at radius 2 is 2.36 bits per heavy atom. The van der Waals surface area contributed by atoms with E-state index in [0.717, 1.165) is 6.54 Å². The number of aromatic carboxylic acids is 1. The maximum atomic E-state index is 10.9. The first kappa shape index (κ1) is 9.31. The number of hydrogen-bond donors (Lipinski definition) is 1. The van der Waals surface area contributed by atoms with Crippen molar-refractivity contribution in [2.45, 2.75) is 32.7 Å². The summed E-state index contributed by atoms with van der Waals surface area (Å²) < 4.78 is 1.85. The molecule has 1 aromatic heterocycles. The van der Waals surface area contributed by atoms with Gasteiger partial charge >= 0.3 is 5.97 Å².